The van der Waals surface area contributed by atoms with Gasteiger partial charge in [-0.2, -0.15) is 0 Å². The fourth-order valence-electron chi connectivity index (χ4n) is 5.09. The van der Waals surface area contributed by atoms with Crippen molar-refractivity contribution in [2.75, 3.05) is 5.32 Å². The number of anilines is 1. The van der Waals surface area contributed by atoms with Crippen molar-refractivity contribution in [1.29, 1.82) is 0 Å². The molecule has 0 amide bonds. The van der Waals surface area contributed by atoms with E-state index in [1.807, 2.05) is 24.3 Å². The number of nitro benzene ring substituents is 2. The van der Waals surface area contributed by atoms with E-state index in [9.17, 15) is 20.2 Å². The zero-order valence-corrected chi connectivity index (χ0v) is 20.0. The fourth-order valence-corrected chi connectivity index (χ4v) is 7.16. The Bertz CT molecular complexity index is 1270. The summed E-state index contributed by atoms with van der Waals surface area (Å²) >= 11 is 14.6. The summed E-state index contributed by atoms with van der Waals surface area (Å²) in [5.74, 6) is -0.114. The van der Waals surface area contributed by atoms with Gasteiger partial charge in [0, 0.05) is 40.1 Å². The third kappa shape index (κ3) is 4.10. The van der Waals surface area contributed by atoms with Crippen LogP contribution in [0.5, 0.6) is 0 Å². The van der Waals surface area contributed by atoms with Crippen molar-refractivity contribution < 1.29 is 9.85 Å². The van der Waals surface area contributed by atoms with Crippen molar-refractivity contribution in [3.8, 4) is 0 Å². The Labute approximate surface area is 209 Å². The molecular weight excluding hydrogens is 497 g/mol. The standard InChI is InChI=1S/C24H19Cl2N3O4S/c25-14-7-5-13(6-8-14)24-17-12-21(34-20-4-2-1-3-19(20)29(32)33)23(26)22(17)16-11-15(28(30)31)9-10-18(16)27-24/h1-11,17,21-24,27H,12H2/t17-,21+,22-,23+,24-/m0/s1. The minimum atomic E-state index is -0.404. The Kier molecular flexibility index (Phi) is 6.14. The molecule has 174 valence electrons. The molecule has 1 saturated carbocycles. The maximum absolute atomic E-state index is 11.5. The van der Waals surface area contributed by atoms with E-state index >= 15 is 0 Å². The van der Waals surface area contributed by atoms with Crippen LogP contribution in [0.2, 0.25) is 5.02 Å². The quantitative estimate of drug-likeness (QED) is 0.219. The number of halogens is 2. The number of non-ortho nitro benzene ring substituents is 1. The first-order valence-electron chi connectivity index (χ1n) is 10.7. The van der Waals surface area contributed by atoms with Crippen LogP contribution in [0.15, 0.2) is 71.6 Å². The van der Waals surface area contributed by atoms with Crippen LogP contribution in [0.3, 0.4) is 0 Å². The molecule has 7 nitrogen and oxygen atoms in total. The maximum Gasteiger partial charge on any atom is 0.282 e. The van der Waals surface area contributed by atoms with E-state index in [0.717, 1.165) is 16.8 Å². The summed E-state index contributed by atoms with van der Waals surface area (Å²) in [5, 5.41) is 26.7. The average molecular weight is 516 g/mol. The molecule has 3 aromatic rings. The zero-order valence-electron chi connectivity index (χ0n) is 17.6. The molecule has 0 spiro atoms. The predicted molar refractivity (Wildman–Crippen MR) is 134 cm³/mol. The number of para-hydroxylation sites is 1. The molecule has 1 N–H and O–H groups in total. The number of hydrogen-bond acceptors (Lipinski definition) is 6. The van der Waals surface area contributed by atoms with Gasteiger partial charge in [0.05, 0.1) is 26.2 Å². The number of nitrogens with one attached hydrogen (secondary N) is 1. The lowest BCUT2D eigenvalue weighted by Crippen LogP contribution is -2.31. The monoisotopic (exact) mass is 515 g/mol. The number of alkyl halides is 1. The SMILES string of the molecule is O=[N+]([O-])c1ccc2c(c1)[C@@H]1[C@H](Cl)[C@H](Sc3ccccc3[N+](=O)[O-])C[C@@H]1[C@H](c1ccc(Cl)cc1)N2. The van der Waals surface area contributed by atoms with Crippen LogP contribution in [0, 0.1) is 26.1 Å². The van der Waals surface area contributed by atoms with Gasteiger partial charge in [-0.05, 0) is 47.7 Å². The van der Waals surface area contributed by atoms with Crippen molar-refractivity contribution in [2.45, 2.75) is 33.9 Å². The molecule has 34 heavy (non-hydrogen) atoms. The second-order valence-corrected chi connectivity index (χ2v) is 10.7. The molecule has 10 heteroatoms. The average Bonchev–Trinajstić information content (AvgIpc) is 3.15. The molecule has 0 saturated heterocycles. The number of benzene rings is 3. The highest BCUT2D eigenvalue weighted by molar-refractivity contribution is 8.00. The number of rotatable bonds is 5. The Morgan fingerprint density at radius 1 is 0.971 bits per heavy atom. The van der Waals surface area contributed by atoms with Crippen LogP contribution >= 0.6 is 35.0 Å². The van der Waals surface area contributed by atoms with Gasteiger partial charge in [0.15, 0.2) is 0 Å². The van der Waals surface area contributed by atoms with Crippen molar-refractivity contribution in [1.82, 2.24) is 0 Å². The number of nitro groups is 2. The third-order valence-corrected chi connectivity index (χ3v) is 8.94. The minimum Gasteiger partial charge on any atom is -0.378 e. The number of fused-ring (bicyclic) bond motifs is 3. The molecule has 5 atom stereocenters. The smallest absolute Gasteiger partial charge is 0.282 e. The minimum absolute atomic E-state index is 0.0166. The second-order valence-electron chi connectivity index (χ2n) is 8.45. The van der Waals surface area contributed by atoms with Crippen LogP contribution in [-0.4, -0.2) is 20.5 Å². The summed E-state index contributed by atoms with van der Waals surface area (Å²) in [6.45, 7) is 0. The maximum atomic E-state index is 11.5. The van der Waals surface area contributed by atoms with Gasteiger partial charge in [0.1, 0.15) is 0 Å². The highest BCUT2D eigenvalue weighted by Crippen LogP contribution is 2.58. The summed E-state index contributed by atoms with van der Waals surface area (Å²) in [6.07, 6.45) is 0.692. The zero-order chi connectivity index (χ0) is 24.0. The Hall–Kier alpha value is -2.81. The van der Waals surface area contributed by atoms with E-state index in [4.69, 9.17) is 23.2 Å². The lowest BCUT2D eigenvalue weighted by Gasteiger charge is -2.38. The molecule has 1 aliphatic carbocycles. The molecule has 1 heterocycles. The van der Waals surface area contributed by atoms with E-state index in [-0.39, 0.29) is 44.8 Å². The summed E-state index contributed by atoms with van der Waals surface area (Å²) in [5.41, 5.74) is 2.74. The van der Waals surface area contributed by atoms with Gasteiger partial charge in [-0.3, -0.25) is 20.2 Å². The topological polar surface area (TPSA) is 98.3 Å². The predicted octanol–water partition coefficient (Wildman–Crippen LogP) is 7.20. The summed E-state index contributed by atoms with van der Waals surface area (Å²) in [4.78, 5) is 22.8. The van der Waals surface area contributed by atoms with Gasteiger partial charge in [0.25, 0.3) is 11.4 Å². The van der Waals surface area contributed by atoms with Crippen LogP contribution in [-0.2, 0) is 0 Å². The van der Waals surface area contributed by atoms with E-state index in [1.165, 1.54) is 23.9 Å². The van der Waals surface area contributed by atoms with Gasteiger partial charge in [0.2, 0.25) is 0 Å². The molecular formula is C24H19Cl2N3O4S. The Morgan fingerprint density at radius 2 is 1.71 bits per heavy atom. The molecule has 0 bridgehead atoms. The largest absolute Gasteiger partial charge is 0.378 e. The number of nitrogens with zero attached hydrogens (tertiary/aromatic N) is 2. The third-order valence-electron chi connectivity index (χ3n) is 6.58. The summed E-state index contributed by atoms with van der Waals surface area (Å²) in [7, 11) is 0. The fraction of sp³-hybridized carbons (Fsp3) is 0.250. The van der Waals surface area contributed by atoms with E-state index < -0.39 is 4.92 Å². The van der Waals surface area contributed by atoms with Gasteiger partial charge >= 0.3 is 0 Å². The van der Waals surface area contributed by atoms with Gasteiger partial charge in [-0.15, -0.1) is 23.4 Å². The Balaban J connectivity index is 1.55. The molecule has 5 rings (SSSR count). The lowest BCUT2D eigenvalue weighted by molar-refractivity contribution is -0.387. The van der Waals surface area contributed by atoms with Crippen molar-refractivity contribution in [3.05, 3.63) is 103 Å². The second kappa shape index (κ2) is 9.09. The van der Waals surface area contributed by atoms with Crippen LogP contribution in [0.4, 0.5) is 17.1 Å². The van der Waals surface area contributed by atoms with Gasteiger partial charge in [-0.1, -0.05) is 35.9 Å². The molecule has 2 aliphatic rings. The lowest BCUT2D eigenvalue weighted by atomic mass is 9.77. The number of thioether (sulfide) groups is 1. The first kappa shape index (κ1) is 23.0. The molecule has 1 fully saturated rings. The summed E-state index contributed by atoms with van der Waals surface area (Å²) < 4.78 is 0. The normalized spacial score (nSPS) is 25.2. The molecule has 0 radical (unpaired) electrons. The van der Waals surface area contributed by atoms with Crippen molar-refractivity contribution in [3.63, 3.8) is 0 Å². The first-order valence-corrected chi connectivity index (χ1v) is 12.4. The van der Waals surface area contributed by atoms with Crippen molar-refractivity contribution >= 4 is 52.0 Å². The van der Waals surface area contributed by atoms with Crippen LogP contribution < -0.4 is 5.32 Å². The Morgan fingerprint density at radius 3 is 2.41 bits per heavy atom. The molecule has 0 unspecified atom stereocenters. The molecule has 3 aromatic carbocycles. The van der Waals surface area contributed by atoms with E-state index in [2.05, 4.69) is 5.32 Å². The molecule has 0 aromatic heterocycles. The highest BCUT2D eigenvalue weighted by atomic mass is 35.5. The highest BCUT2D eigenvalue weighted by Gasteiger charge is 2.50. The van der Waals surface area contributed by atoms with E-state index in [0.29, 0.717) is 16.3 Å². The first-order chi connectivity index (χ1) is 16.3. The summed E-state index contributed by atoms with van der Waals surface area (Å²) in [6, 6.07) is 19.0. The van der Waals surface area contributed by atoms with E-state index in [1.54, 1.807) is 30.3 Å². The van der Waals surface area contributed by atoms with Crippen LogP contribution in [0.1, 0.15) is 29.5 Å². The number of hydrogen-bond donors (Lipinski definition) is 1. The van der Waals surface area contributed by atoms with Gasteiger partial charge < -0.3 is 5.32 Å². The molecule has 1 aliphatic heterocycles. The van der Waals surface area contributed by atoms with Crippen LogP contribution in [0.25, 0.3) is 0 Å². The van der Waals surface area contributed by atoms with Crippen molar-refractivity contribution in [2.24, 2.45) is 5.92 Å². The van der Waals surface area contributed by atoms with Gasteiger partial charge in [-0.25, -0.2) is 0 Å².